The first kappa shape index (κ1) is 24.9. The minimum absolute atomic E-state index is 0.137. The number of morpholine rings is 1. The largest absolute Gasteiger partial charge is 0.378 e. The van der Waals surface area contributed by atoms with Crippen molar-refractivity contribution in [2.45, 2.75) is 39.2 Å². The van der Waals surface area contributed by atoms with Crippen LogP contribution in [-0.4, -0.2) is 47.0 Å². The number of nitrogens with one attached hydrogen (secondary N) is 1. The highest BCUT2D eigenvalue weighted by atomic mass is 19.1. The van der Waals surface area contributed by atoms with Crippen molar-refractivity contribution in [1.82, 2.24) is 20.1 Å². The van der Waals surface area contributed by atoms with Crippen molar-refractivity contribution in [2.24, 2.45) is 0 Å². The molecule has 0 bridgehead atoms. The van der Waals surface area contributed by atoms with Crippen molar-refractivity contribution in [1.29, 1.82) is 0 Å². The van der Waals surface area contributed by atoms with Crippen LogP contribution in [0.4, 0.5) is 10.2 Å². The zero-order chi connectivity index (χ0) is 25.8. The number of hydrogen-bond donors (Lipinski definition) is 1. The van der Waals surface area contributed by atoms with Crippen molar-refractivity contribution < 1.29 is 13.9 Å². The number of ether oxygens (including phenoxy) is 1. The number of hydrogen-bond acceptors (Lipinski definition) is 5. The van der Waals surface area contributed by atoms with Crippen LogP contribution in [0.5, 0.6) is 0 Å². The van der Waals surface area contributed by atoms with Crippen molar-refractivity contribution in [2.75, 3.05) is 31.2 Å². The second kappa shape index (κ2) is 11.1. The van der Waals surface area contributed by atoms with Gasteiger partial charge in [0.1, 0.15) is 11.6 Å². The summed E-state index contributed by atoms with van der Waals surface area (Å²) in [5, 5.41) is 7.82. The van der Waals surface area contributed by atoms with E-state index in [0.29, 0.717) is 25.2 Å². The first-order valence-corrected chi connectivity index (χ1v) is 12.9. The van der Waals surface area contributed by atoms with Gasteiger partial charge in [0, 0.05) is 30.4 Å². The number of fused-ring (bicyclic) bond motifs is 1. The highest BCUT2D eigenvalue weighted by molar-refractivity contribution is 6.20. The molecule has 1 amide bonds. The SMILES string of the molecule is CCC1=Cc2c(cnn2-c2ccc(F)cc2)C(C(=O)NC(CC)c2ccnc(N3CCOCC3)c2)=CC1. The molecular formula is C29H32FN5O2. The van der Waals surface area contributed by atoms with Gasteiger partial charge in [-0.1, -0.05) is 25.5 Å². The maximum Gasteiger partial charge on any atom is 0.252 e. The monoisotopic (exact) mass is 501 g/mol. The molecule has 8 heteroatoms. The minimum Gasteiger partial charge on any atom is -0.378 e. The lowest BCUT2D eigenvalue weighted by molar-refractivity contribution is -0.116. The highest BCUT2D eigenvalue weighted by Gasteiger charge is 2.24. The molecule has 0 saturated carbocycles. The molecule has 2 aliphatic rings. The van der Waals surface area contributed by atoms with Crippen LogP contribution < -0.4 is 10.2 Å². The Kier molecular flexibility index (Phi) is 7.46. The third kappa shape index (κ3) is 5.34. The Balaban J connectivity index is 1.42. The topological polar surface area (TPSA) is 72.3 Å². The maximum atomic E-state index is 13.7. The van der Waals surface area contributed by atoms with E-state index in [1.807, 2.05) is 18.3 Å². The lowest BCUT2D eigenvalue weighted by atomic mass is 10.0. The average Bonchev–Trinajstić information content (AvgIpc) is 3.25. The molecule has 37 heavy (non-hydrogen) atoms. The van der Waals surface area contributed by atoms with Crippen molar-refractivity contribution in [3.05, 3.63) is 83.1 Å². The summed E-state index contributed by atoms with van der Waals surface area (Å²) in [5.41, 5.74) is 5.16. The number of carbonyl (C=O) groups is 1. The zero-order valence-electron chi connectivity index (χ0n) is 21.3. The third-order valence-electron chi connectivity index (χ3n) is 7.00. The molecule has 7 nitrogen and oxygen atoms in total. The second-order valence-corrected chi connectivity index (χ2v) is 9.29. The van der Waals surface area contributed by atoms with Gasteiger partial charge in [-0.25, -0.2) is 14.1 Å². The molecule has 1 aliphatic heterocycles. The van der Waals surface area contributed by atoms with Crippen molar-refractivity contribution in [3.8, 4) is 5.69 Å². The maximum absolute atomic E-state index is 13.7. The predicted octanol–water partition coefficient (Wildman–Crippen LogP) is 5.09. The van der Waals surface area contributed by atoms with E-state index in [-0.39, 0.29) is 17.8 Å². The van der Waals surface area contributed by atoms with Crippen LogP contribution in [0.15, 0.2) is 60.4 Å². The van der Waals surface area contributed by atoms with Gasteiger partial charge in [-0.3, -0.25) is 4.79 Å². The molecule has 3 heterocycles. The molecule has 3 aromatic rings. The molecule has 192 valence electrons. The van der Waals surface area contributed by atoms with Gasteiger partial charge < -0.3 is 15.0 Å². The molecule has 0 spiro atoms. The molecule has 1 fully saturated rings. The van der Waals surface area contributed by atoms with Crippen molar-refractivity contribution >= 4 is 23.4 Å². The second-order valence-electron chi connectivity index (χ2n) is 9.29. The molecule has 1 N–H and O–H groups in total. The highest BCUT2D eigenvalue weighted by Crippen LogP contribution is 2.31. The summed E-state index contributed by atoms with van der Waals surface area (Å²) in [5.74, 6) is 0.467. The molecule has 5 rings (SSSR count). The Morgan fingerprint density at radius 3 is 2.68 bits per heavy atom. The Bertz CT molecular complexity index is 1320. The van der Waals surface area contributed by atoms with E-state index in [1.165, 1.54) is 17.7 Å². The summed E-state index contributed by atoms with van der Waals surface area (Å²) in [6, 6.07) is 10.1. The number of allylic oxidation sites excluding steroid dienone is 2. The van der Waals surface area contributed by atoms with Gasteiger partial charge >= 0.3 is 0 Å². The van der Waals surface area contributed by atoms with E-state index in [0.717, 1.165) is 54.3 Å². The normalized spacial score (nSPS) is 16.4. The van der Waals surface area contributed by atoms with Gasteiger partial charge in [-0.15, -0.1) is 0 Å². The van der Waals surface area contributed by atoms with E-state index in [9.17, 15) is 9.18 Å². The Labute approximate surface area is 216 Å². The number of benzene rings is 1. The number of aromatic nitrogens is 3. The molecule has 0 radical (unpaired) electrons. The fraction of sp³-hybridized carbons (Fsp3) is 0.345. The number of rotatable bonds is 7. The van der Waals surface area contributed by atoms with Crippen LogP contribution in [-0.2, 0) is 9.53 Å². The van der Waals surface area contributed by atoms with E-state index in [1.54, 1.807) is 23.0 Å². The van der Waals surface area contributed by atoms with E-state index in [2.05, 4.69) is 46.3 Å². The van der Waals surface area contributed by atoms with Gasteiger partial charge in [0.2, 0.25) is 0 Å². The summed E-state index contributed by atoms with van der Waals surface area (Å²) >= 11 is 0. The van der Waals surface area contributed by atoms with Crippen LogP contribution in [0, 0.1) is 5.82 Å². The summed E-state index contributed by atoms with van der Waals surface area (Å²) in [6.07, 6.45) is 9.91. The molecule has 1 saturated heterocycles. The van der Waals surface area contributed by atoms with Gasteiger partial charge in [-0.2, -0.15) is 5.10 Å². The quantitative estimate of drug-likeness (QED) is 0.488. The zero-order valence-corrected chi connectivity index (χ0v) is 21.3. The smallest absolute Gasteiger partial charge is 0.252 e. The fourth-order valence-corrected chi connectivity index (χ4v) is 4.82. The van der Waals surface area contributed by atoms with Crippen molar-refractivity contribution in [3.63, 3.8) is 0 Å². The number of amides is 1. The Morgan fingerprint density at radius 1 is 1.16 bits per heavy atom. The van der Waals surface area contributed by atoms with E-state index >= 15 is 0 Å². The molecule has 1 atom stereocenters. The van der Waals surface area contributed by atoms with E-state index < -0.39 is 0 Å². The Morgan fingerprint density at radius 2 is 1.95 bits per heavy atom. The summed E-state index contributed by atoms with van der Waals surface area (Å²) in [4.78, 5) is 20.5. The first-order chi connectivity index (χ1) is 18.1. The first-order valence-electron chi connectivity index (χ1n) is 12.9. The standard InChI is InChI=1S/C29H32FN5O2/c1-3-20-5-10-24(25-19-32-35(27(25)17-20)23-8-6-22(30)7-9-23)29(36)33-26(4-2)21-11-12-31-28(18-21)34-13-15-37-16-14-34/h6-12,17-19,26H,3-5,13-16H2,1-2H3,(H,33,36). The van der Waals surface area contributed by atoms with Gasteiger partial charge in [0.15, 0.2) is 0 Å². The van der Waals surface area contributed by atoms with Gasteiger partial charge in [0.05, 0.1) is 36.8 Å². The lowest BCUT2D eigenvalue weighted by Crippen LogP contribution is -2.37. The third-order valence-corrected chi connectivity index (χ3v) is 7.00. The average molecular weight is 502 g/mol. The number of pyridine rings is 1. The predicted molar refractivity (Wildman–Crippen MR) is 143 cm³/mol. The van der Waals surface area contributed by atoms with Crippen LogP contribution in [0.2, 0.25) is 0 Å². The summed E-state index contributed by atoms with van der Waals surface area (Å²) < 4.78 is 20.8. The van der Waals surface area contributed by atoms with Gasteiger partial charge in [-0.05, 0) is 67.3 Å². The van der Waals surface area contributed by atoms with Crippen LogP contribution in [0.1, 0.15) is 56.0 Å². The number of nitrogens with zero attached hydrogens (tertiary/aromatic N) is 4. The number of carbonyl (C=O) groups excluding carboxylic acids is 1. The molecule has 2 aromatic heterocycles. The number of anilines is 1. The lowest BCUT2D eigenvalue weighted by Gasteiger charge is -2.28. The summed E-state index contributed by atoms with van der Waals surface area (Å²) in [7, 11) is 0. The van der Waals surface area contributed by atoms with Crippen LogP contribution in [0.25, 0.3) is 17.3 Å². The molecule has 1 aromatic carbocycles. The summed E-state index contributed by atoms with van der Waals surface area (Å²) in [6.45, 7) is 7.16. The van der Waals surface area contributed by atoms with E-state index in [4.69, 9.17) is 4.74 Å². The van der Waals surface area contributed by atoms with Crippen LogP contribution >= 0.6 is 0 Å². The molecular weight excluding hydrogens is 469 g/mol. The Hall–Kier alpha value is -3.78. The minimum atomic E-state index is -0.301. The molecule has 1 unspecified atom stereocenters. The number of halogens is 1. The van der Waals surface area contributed by atoms with Crippen LogP contribution in [0.3, 0.4) is 0 Å². The molecule has 1 aliphatic carbocycles. The van der Waals surface area contributed by atoms with Gasteiger partial charge in [0.25, 0.3) is 5.91 Å². The fourth-order valence-electron chi connectivity index (χ4n) is 4.82.